The molecule has 0 spiro atoms. The summed E-state index contributed by atoms with van der Waals surface area (Å²) >= 11 is 0. The molecular formula is C20H20N5O2-. The molecule has 7 nitrogen and oxygen atoms in total. The van der Waals surface area contributed by atoms with Crippen LogP contribution in [0.5, 0.6) is 0 Å². The van der Waals surface area contributed by atoms with E-state index in [0.717, 1.165) is 10.6 Å². The molecule has 2 atom stereocenters. The minimum Gasteiger partial charge on any atom is -0.784 e. The molecule has 138 valence electrons. The number of pyridine rings is 1. The van der Waals surface area contributed by atoms with Crippen LogP contribution in [0.15, 0.2) is 54.7 Å². The number of hydrogen-bond acceptors (Lipinski definition) is 5. The first-order valence-electron chi connectivity index (χ1n) is 8.84. The van der Waals surface area contributed by atoms with E-state index in [1.165, 1.54) is 0 Å². The Bertz CT molecular complexity index is 955. The van der Waals surface area contributed by atoms with E-state index in [0.29, 0.717) is 29.3 Å². The van der Waals surface area contributed by atoms with Crippen molar-refractivity contribution in [1.29, 1.82) is 0 Å². The second kappa shape index (κ2) is 6.94. The molecule has 3 aromatic rings. The number of anilines is 1. The SMILES string of the molecule is Cc1nn(Cc2ccccc2)c2c1C(c1ccccn1)N([O-])C(C)C(=O)N2. The average molecular weight is 362 g/mol. The standard InChI is InChI=1S/C20H20N5O2/c1-13-17-18(16-10-6-7-11-21-16)25(27)14(2)20(26)22-19(17)24(23-13)12-15-8-4-3-5-9-15/h3-11,14,18H,12H2,1-2H3,(H,22,26)/q-1. The molecule has 1 aromatic carbocycles. The quantitative estimate of drug-likeness (QED) is 0.774. The van der Waals surface area contributed by atoms with E-state index in [4.69, 9.17) is 0 Å². The normalized spacial score (nSPS) is 20.0. The summed E-state index contributed by atoms with van der Waals surface area (Å²) < 4.78 is 1.75. The van der Waals surface area contributed by atoms with Crippen molar-refractivity contribution < 1.29 is 4.79 Å². The van der Waals surface area contributed by atoms with Crippen LogP contribution in [0.4, 0.5) is 5.82 Å². The van der Waals surface area contributed by atoms with Gasteiger partial charge in [0.25, 0.3) is 0 Å². The van der Waals surface area contributed by atoms with Crippen molar-refractivity contribution in [2.45, 2.75) is 32.5 Å². The van der Waals surface area contributed by atoms with Crippen molar-refractivity contribution in [2.75, 3.05) is 5.32 Å². The van der Waals surface area contributed by atoms with E-state index in [9.17, 15) is 10.0 Å². The maximum Gasteiger partial charge on any atom is 0.241 e. The van der Waals surface area contributed by atoms with Crippen LogP contribution in [0.2, 0.25) is 0 Å². The van der Waals surface area contributed by atoms with Crippen LogP contribution in [0, 0.1) is 12.1 Å². The molecule has 27 heavy (non-hydrogen) atoms. The number of carbonyl (C=O) groups is 1. The molecule has 0 saturated heterocycles. The van der Waals surface area contributed by atoms with E-state index in [-0.39, 0.29) is 5.91 Å². The maximum atomic E-state index is 13.0. The van der Waals surface area contributed by atoms with Crippen LogP contribution in [-0.4, -0.2) is 31.8 Å². The molecule has 1 aliphatic heterocycles. The molecule has 0 saturated carbocycles. The Morgan fingerprint density at radius 3 is 2.59 bits per heavy atom. The lowest BCUT2D eigenvalue weighted by Gasteiger charge is -2.38. The number of nitrogens with zero attached hydrogens (tertiary/aromatic N) is 4. The summed E-state index contributed by atoms with van der Waals surface area (Å²) in [6.07, 6.45) is 1.65. The lowest BCUT2D eigenvalue weighted by atomic mass is 10.0. The first-order chi connectivity index (χ1) is 13.1. The zero-order valence-corrected chi connectivity index (χ0v) is 15.2. The molecule has 3 heterocycles. The smallest absolute Gasteiger partial charge is 0.241 e. The Morgan fingerprint density at radius 1 is 1.15 bits per heavy atom. The fraction of sp³-hybridized carbons (Fsp3) is 0.250. The van der Waals surface area contributed by atoms with Crippen LogP contribution in [0.3, 0.4) is 0 Å². The summed E-state index contributed by atoms with van der Waals surface area (Å²) in [6, 6.07) is 13.8. The molecule has 0 radical (unpaired) electrons. The predicted octanol–water partition coefficient (Wildman–Crippen LogP) is 2.86. The fourth-order valence-corrected chi connectivity index (χ4v) is 3.43. The van der Waals surface area contributed by atoms with Gasteiger partial charge in [-0.2, -0.15) is 5.10 Å². The van der Waals surface area contributed by atoms with Gasteiger partial charge in [-0.1, -0.05) is 36.4 Å². The van der Waals surface area contributed by atoms with Gasteiger partial charge in [0.05, 0.1) is 30.0 Å². The Hall–Kier alpha value is -3.03. The number of amides is 1. The number of rotatable bonds is 3. The van der Waals surface area contributed by atoms with Crippen molar-refractivity contribution >= 4 is 11.7 Å². The highest BCUT2D eigenvalue weighted by Gasteiger charge is 2.35. The topological polar surface area (TPSA) is 86.1 Å². The molecule has 7 heteroatoms. The van der Waals surface area contributed by atoms with Gasteiger partial charge in [0.1, 0.15) is 5.82 Å². The highest BCUT2D eigenvalue weighted by Crippen LogP contribution is 2.38. The first kappa shape index (κ1) is 17.4. The summed E-state index contributed by atoms with van der Waals surface area (Å²) in [5, 5.41) is 21.3. The molecule has 2 aromatic heterocycles. The van der Waals surface area contributed by atoms with Gasteiger partial charge >= 0.3 is 0 Å². The van der Waals surface area contributed by atoms with Gasteiger partial charge in [0, 0.05) is 11.8 Å². The van der Waals surface area contributed by atoms with E-state index in [1.807, 2.05) is 43.3 Å². The fourth-order valence-electron chi connectivity index (χ4n) is 3.43. The Labute approximate surface area is 157 Å². The third-order valence-corrected chi connectivity index (χ3v) is 4.85. The lowest BCUT2D eigenvalue weighted by Crippen LogP contribution is -2.38. The molecule has 0 aliphatic carbocycles. The molecule has 1 aliphatic rings. The van der Waals surface area contributed by atoms with Gasteiger partial charge in [-0.05, 0) is 31.5 Å². The Morgan fingerprint density at radius 2 is 1.89 bits per heavy atom. The summed E-state index contributed by atoms with van der Waals surface area (Å²) in [7, 11) is 0. The van der Waals surface area contributed by atoms with Gasteiger partial charge in [-0.25, -0.2) is 4.68 Å². The molecule has 0 fully saturated rings. The van der Waals surface area contributed by atoms with Gasteiger partial charge in [-0.3, -0.25) is 9.78 Å². The summed E-state index contributed by atoms with van der Waals surface area (Å²) in [5.41, 5.74) is 3.05. The highest BCUT2D eigenvalue weighted by molar-refractivity contribution is 5.95. The third kappa shape index (κ3) is 3.11. The Kier molecular flexibility index (Phi) is 4.47. The van der Waals surface area contributed by atoms with Crippen molar-refractivity contribution in [3.05, 3.63) is 82.4 Å². The molecule has 0 bridgehead atoms. The van der Waals surface area contributed by atoms with Gasteiger partial charge in [0.2, 0.25) is 5.91 Å². The van der Waals surface area contributed by atoms with Crippen LogP contribution in [0.1, 0.15) is 35.5 Å². The van der Waals surface area contributed by atoms with E-state index in [1.54, 1.807) is 29.9 Å². The molecule has 1 amide bonds. The number of aryl methyl sites for hydroxylation is 1. The Balaban J connectivity index is 1.86. The zero-order valence-electron chi connectivity index (χ0n) is 15.2. The molecule has 1 N–H and O–H groups in total. The van der Waals surface area contributed by atoms with Crippen molar-refractivity contribution in [1.82, 2.24) is 19.8 Å². The second-order valence-corrected chi connectivity index (χ2v) is 6.67. The predicted molar refractivity (Wildman–Crippen MR) is 102 cm³/mol. The van der Waals surface area contributed by atoms with Gasteiger partial charge < -0.3 is 15.6 Å². The highest BCUT2D eigenvalue weighted by atomic mass is 16.5. The molecular weight excluding hydrogens is 342 g/mol. The van der Waals surface area contributed by atoms with E-state index >= 15 is 0 Å². The maximum absolute atomic E-state index is 13.0. The third-order valence-electron chi connectivity index (χ3n) is 4.85. The first-order valence-corrected chi connectivity index (χ1v) is 8.84. The monoisotopic (exact) mass is 362 g/mol. The number of aromatic nitrogens is 3. The number of benzene rings is 1. The summed E-state index contributed by atoms with van der Waals surface area (Å²) in [6.45, 7) is 3.96. The minimum absolute atomic E-state index is 0.348. The van der Waals surface area contributed by atoms with Crippen LogP contribution < -0.4 is 5.32 Å². The van der Waals surface area contributed by atoms with Crippen molar-refractivity contribution in [3.8, 4) is 0 Å². The number of nitrogens with one attached hydrogen (secondary N) is 1. The largest absolute Gasteiger partial charge is 0.784 e. The van der Waals surface area contributed by atoms with Crippen molar-refractivity contribution in [3.63, 3.8) is 0 Å². The second-order valence-electron chi connectivity index (χ2n) is 6.67. The van der Waals surface area contributed by atoms with Crippen LogP contribution in [-0.2, 0) is 11.3 Å². The van der Waals surface area contributed by atoms with E-state index in [2.05, 4.69) is 15.4 Å². The van der Waals surface area contributed by atoms with Gasteiger partial charge in [-0.15, -0.1) is 0 Å². The number of hydrogen-bond donors (Lipinski definition) is 1. The lowest BCUT2D eigenvalue weighted by molar-refractivity contribution is -0.120. The molecule has 4 rings (SSSR count). The van der Waals surface area contributed by atoms with Crippen molar-refractivity contribution in [2.24, 2.45) is 0 Å². The number of carbonyl (C=O) groups excluding carboxylic acids is 1. The summed E-state index contributed by atoms with van der Waals surface area (Å²) in [5.74, 6) is 0.209. The number of fused-ring (bicyclic) bond motifs is 1. The zero-order chi connectivity index (χ0) is 19.0. The molecule has 2 unspecified atom stereocenters. The van der Waals surface area contributed by atoms with Crippen LogP contribution >= 0.6 is 0 Å². The van der Waals surface area contributed by atoms with E-state index < -0.39 is 12.1 Å². The number of hydroxylamine groups is 2. The summed E-state index contributed by atoms with van der Waals surface area (Å²) in [4.78, 5) is 16.9. The average Bonchev–Trinajstić information content (AvgIpc) is 2.92. The van der Waals surface area contributed by atoms with Crippen LogP contribution in [0.25, 0.3) is 0 Å². The minimum atomic E-state index is -0.839. The van der Waals surface area contributed by atoms with Gasteiger partial charge in [0.15, 0.2) is 0 Å².